The van der Waals surface area contributed by atoms with E-state index in [4.69, 9.17) is 5.84 Å². The first-order chi connectivity index (χ1) is 8.20. The van der Waals surface area contributed by atoms with Gasteiger partial charge in [0, 0.05) is 25.4 Å². The smallest absolute Gasteiger partial charge is 0.138 e. The minimum absolute atomic E-state index is 0.0135. The first-order valence-corrected chi connectivity index (χ1v) is 5.42. The summed E-state index contributed by atoms with van der Waals surface area (Å²) < 4.78 is 1.75. The van der Waals surface area contributed by atoms with Gasteiger partial charge in [0.05, 0.1) is 6.04 Å². The molecule has 0 aliphatic carbocycles. The Morgan fingerprint density at radius 1 is 1.47 bits per heavy atom. The maximum absolute atomic E-state index is 5.59. The van der Waals surface area contributed by atoms with Crippen molar-refractivity contribution in [2.75, 3.05) is 0 Å². The van der Waals surface area contributed by atoms with Gasteiger partial charge in [0.25, 0.3) is 0 Å². The monoisotopic (exact) mass is 232 g/mol. The molecule has 17 heavy (non-hydrogen) atoms. The van der Waals surface area contributed by atoms with Crippen molar-refractivity contribution < 1.29 is 0 Å². The lowest BCUT2D eigenvalue weighted by atomic mass is 10.0. The van der Waals surface area contributed by atoms with Crippen molar-refractivity contribution in [2.45, 2.75) is 19.4 Å². The van der Waals surface area contributed by atoms with Gasteiger partial charge >= 0.3 is 0 Å². The van der Waals surface area contributed by atoms with Crippen molar-refractivity contribution in [3.8, 4) is 0 Å². The van der Waals surface area contributed by atoms with Gasteiger partial charge in [0.1, 0.15) is 12.2 Å². The van der Waals surface area contributed by atoms with E-state index in [1.54, 1.807) is 17.2 Å². The Kier molecular flexibility index (Phi) is 3.46. The number of nitrogens with two attached hydrogens (primary N) is 1. The van der Waals surface area contributed by atoms with Crippen molar-refractivity contribution >= 4 is 0 Å². The lowest BCUT2D eigenvalue weighted by Crippen LogP contribution is -2.30. The molecule has 6 heteroatoms. The molecule has 1 atom stereocenters. The summed E-state index contributed by atoms with van der Waals surface area (Å²) in [5.74, 6) is 6.48. The van der Waals surface area contributed by atoms with Gasteiger partial charge < -0.3 is 0 Å². The zero-order valence-electron chi connectivity index (χ0n) is 9.96. The van der Waals surface area contributed by atoms with E-state index in [2.05, 4.69) is 20.5 Å². The molecular weight excluding hydrogens is 216 g/mol. The average molecular weight is 232 g/mol. The quantitative estimate of drug-likeness (QED) is 0.584. The highest BCUT2D eigenvalue weighted by Crippen LogP contribution is 2.16. The molecule has 2 heterocycles. The molecule has 2 aromatic rings. The highest BCUT2D eigenvalue weighted by molar-refractivity contribution is 5.20. The SMILES string of the molecule is Cc1cc(C(Cc2ncnn2C)NN)ccn1. The summed E-state index contributed by atoms with van der Waals surface area (Å²) in [6.07, 6.45) is 4.02. The summed E-state index contributed by atoms with van der Waals surface area (Å²) in [5.41, 5.74) is 4.88. The summed E-state index contributed by atoms with van der Waals surface area (Å²) >= 11 is 0. The Morgan fingerprint density at radius 2 is 2.29 bits per heavy atom. The van der Waals surface area contributed by atoms with Crippen molar-refractivity contribution in [3.05, 3.63) is 41.7 Å². The number of hydrogen-bond acceptors (Lipinski definition) is 5. The molecule has 0 aliphatic rings. The lowest BCUT2D eigenvalue weighted by Gasteiger charge is -2.15. The standard InChI is InChI=1S/C11H16N6/c1-8-5-9(3-4-13-8)10(16-12)6-11-14-7-15-17(11)2/h3-5,7,10,16H,6,12H2,1-2H3. The van der Waals surface area contributed by atoms with Crippen molar-refractivity contribution in [2.24, 2.45) is 12.9 Å². The van der Waals surface area contributed by atoms with Gasteiger partial charge in [0.15, 0.2) is 0 Å². The molecule has 0 saturated carbocycles. The fraction of sp³-hybridized carbons (Fsp3) is 0.364. The van der Waals surface area contributed by atoms with Crippen molar-refractivity contribution in [1.29, 1.82) is 0 Å². The molecule has 0 radical (unpaired) electrons. The van der Waals surface area contributed by atoms with Crippen LogP contribution in [0.25, 0.3) is 0 Å². The second kappa shape index (κ2) is 5.03. The fourth-order valence-corrected chi connectivity index (χ4v) is 1.74. The van der Waals surface area contributed by atoms with E-state index in [9.17, 15) is 0 Å². The lowest BCUT2D eigenvalue weighted by molar-refractivity contribution is 0.522. The third kappa shape index (κ3) is 2.66. The normalized spacial score (nSPS) is 12.6. The minimum atomic E-state index is 0.0135. The van der Waals surface area contributed by atoms with Crippen LogP contribution in [0.4, 0.5) is 0 Å². The number of nitrogens with zero attached hydrogens (tertiary/aromatic N) is 4. The molecule has 0 aromatic carbocycles. The van der Waals surface area contributed by atoms with E-state index in [-0.39, 0.29) is 6.04 Å². The predicted octanol–water partition coefficient (Wildman–Crippen LogP) is 0.266. The third-order valence-electron chi connectivity index (χ3n) is 2.72. The molecular formula is C11H16N6. The number of hydrogen-bond donors (Lipinski definition) is 2. The van der Waals surface area contributed by atoms with E-state index < -0.39 is 0 Å². The average Bonchev–Trinajstić information content (AvgIpc) is 2.71. The number of pyridine rings is 1. The van der Waals surface area contributed by atoms with Crippen LogP contribution in [-0.4, -0.2) is 19.7 Å². The largest absolute Gasteiger partial charge is 0.271 e. The van der Waals surface area contributed by atoms with Crippen LogP contribution in [0.2, 0.25) is 0 Å². The molecule has 2 aromatic heterocycles. The van der Waals surface area contributed by atoms with Crippen molar-refractivity contribution in [3.63, 3.8) is 0 Å². The number of rotatable bonds is 4. The molecule has 2 rings (SSSR count). The number of nitrogens with one attached hydrogen (secondary N) is 1. The van der Waals surface area contributed by atoms with Gasteiger partial charge in [-0.3, -0.25) is 20.9 Å². The van der Waals surface area contributed by atoms with E-state index in [0.717, 1.165) is 17.1 Å². The van der Waals surface area contributed by atoms with E-state index in [1.807, 2.05) is 26.1 Å². The summed E-state index contributed by atoms with van der Waals surface area (Å²) in [6.45, 7) is 1.96. The molecule has 6 nitrogen and oxygen atoms in total. The van der Waals surface area contributed by atoms with Crippen LogP contribution in [0.1, 0.15) is 23.1 Å². The van der Waals surface area contributed by atoms with Crippen LogP contribution in [0.15, 0.2) is 24.7 Å². The number of aromatic nitrogens is 4. The zero-order chi connectivity index (χ0) is 12.3. The summed E-state index contributed by atoms with van der Waals surface area (Å²) in [6, 6.07) is 3.98. The Labute approximate surface area is 99.9 Å². The Balaban J connectivity index is 2.20. The number of hydrazine groups is 1. The molecule has 0 aliphatic heterocycles. The molecule has 90 valence electrons. The van der Waals surface area contributed by atoms with Gasteiger partial charge in [0.2, 0.25) is 0 Å². The second-order valence-electron chi connectivity index (χ2n) is 3.95. The van der Waals surface area contributed by atoms with Crippen LogP contribution in [0.3, 0.4) is 0 Å². The van der Waals surface area contributed by atoms with Crippen LogP contribution in [0.5, 0.6) is 0 Å². The first-order valence-electron chi connectivity index (χ1n) is 5.42. The van der Waals surface area contributed by atoms with Gasteiger partial charge in [-0.05, 0) is 24.6 Å². The molecule has 3 N–H and O–H groups in total. The zero-order valence-corrected chi connectivity index (χ0v) is 9.96. The Bertz CT molecular complexity index is 492. The van der Waals surface area contributed by atoms with Crippen LogP contribution >= 0.6 is 0 Å². The number of aryl methyl sites for hydroxylation is 2. The Morgan fingerprint density at radius 3 is 2.88 bits per heavy atom. The van der Waals surface area contributed by atoms with E-state index >= 15 is 0 Å². The van der Waals surface area contributed by atoms with Crippen LogP contribution in [-0.2, 0) is 13.5 Å². The topological polar surface area (TPSA) is 81.7 Å². The fourth-order valence-electron chi connectivity index (χ4n) is 1.74. The molecule has 0 saturated heterocycles. The van der Waals surface area contributed by atoms with Gasteiger partial charge in [-0.2, -0.15) is 5.10 Å². The summed E-state index contributed by atoms with van der Waals surface area (Å²) in [7, 11) is 1.87. The van der Waals surface area contributed by atoms with Gasteiger partial charge in [-0.25, -0.2) is 4.98 Å². The predicted molar refractivity (Wildman–Crippen MR) is 63.7 cm³/mol. The molecule has 0 amide bonds. The first kappa shape index (κ1) is 11.7. The second-order valence-corrected chi connectivity index (χ2v) is 3.95. The molecule has 0 bridgehead atoms. The molecule has 1 unspecified atom stereocenters. The van der Waals surface area contributed by atoms with Crippen LogP contribution < -0.4 is 11.3 Å². The molecule has 0 fully saturated rings. The highest BCUT2D eigenvalue weighted by Gasteiger charge is 2.13. The van der Waals surface area contributed by atoms with Crippen LogP contribution in [0, 0.1) is 6.92 Å². The summed E-state index contributed by atoms with van der Waals surface area (Å²) in [5, 5.41) is 4.04. The van der Waals surface area contributed by atoms with E-state index in [1.165, 1.54) is 0 Å². The highest BCUT2D eigenvalue weighted by atomic mass is 15.3. The summed E-state index contributed by atoms with van der Waals surface area (Å²) in [4.78, 5) is 8.36. The minimum Gasteiger partial charge on any atom is -0.271 e. The maximum Gasteiger partial charge on any atom is 0.138 e. The Hall–Kier alpha value is -1.79. The maximum atomic E-state index is 5.59. The molecule has 0 spiro atoms. The third-order valence-corrected chi connectivity index (χ3v) is 2.72. The van der Waals surface area contributed by atoms with Crippen molar-refractivity contribution in [1.82, 2.24) is 25.2 Å². The van der Waals surface area contributed by atoms with Gasteiger partial charge in [-0.1, -0.05) is 0 Å². The van der Waals surface area contributed by atoms with E-state index in [0.29, 0.717) is 6.42 Å². The van der Waals surface area contributed by atoms with Gasteiger partial charge in [-0.15, -0.1) is 0 Å².